The number of fused-ring (bicyclic) bond motifs is 1. The van der Waals surface area contributed by atoms with Gasteiger partial charge in [-0.25, -0.2) is 4.98 Å². The number of benzene rings is 3. The normalized spacial score (nSPS) is 11.7. The zero-order valence-corrected chi connectivity index (χ0v) is 20.3. The van der Waals surface area contributed by atoms with Gasteiger partial charge in [0.05, 0.1) is 16.6 Å². The van der Waals surface area contributed by atoms with E-state index in [1.54, 1.807) is 0 Å². The summed E-state index contributed by atoms with van der Waals surface area (Å²) in [7, 11) is 0. The number of aryl methyl sites for hydroxylation is 1. The van der Waals surface area contributed by atoms with Gasteiger partial charge in [0, 0.05) is 28.6 Å². The molecule has 1 amide bonds. The van der Waals surface area contributed by atoms with Gasteiger partial charge in [-0.1, -0.05) is 54.1 Å². The Morgan fingerprint density at radius 2 is 1.71 bits per heavy atom. The van der Waals surface area contributed by atoms with E-state index in [-0.39, 0.29) is 5.91 Å². The number of aromatic nitrogens is 3. The summed E-state index contributed by atoms with van der Waals surface area (Å²) in [5, 5.41) is 3.75. The third-order valence-corrected chi connectivity index (χ3v) is 6.29. The smallest absolute Gasteiger partial charge is 0.255 e. The molecule has 6 heteroatoms. The van der Waals surface area contributed by atoms with Crippen LogP contribution in [0.5, 0.6) is 0 Å². The summed E-state index contributed by atoms with van der Waals surface area (Å²) in [6.45, 7) is 4.53. The molecule has 0 aliphatic rings. The molecule has 35 heavy (non-hydrogen) atoms. The molecule has 3 aromatic carbocycles. The minimum absolute atomic E-state index is 0.191. The molecule has 0 saturated carbocycles. The van der Waals surface area contributed by atoms with Gasteiger partial charge in [0.1, 0.15) is 5.82 Å². The lowest BCUT2D eigenvalue weighted by Gasteiger charge is -2.10. The van der Waals surface area contributed by atoms with Crippen LogP contribution in [0, 0.1) is 13.8 Å². The van der Waals surface area contributed by atoms with Crippen molar-refractivity contribution in [3.05, 3.63) is 118 Å². The SMILES string of the molecule is Cc1cc(/C=C(/C(=O)NCc2ccccc2)c2nc3ccccc3[nH]2)c(C)n1-c1ccc(Cl)cc1. The predicted molar refractivity (Wildman–Crippen MR) is 143 cm³/mol. The lowest BCUT2D eigenvalue weighted by Crippen LogP contribution is -2.24. The molecule has 0 unspecified atom stereocenters. The lowest BCUT2D eigenvalue weighted by molar-refractivity contribution is -0.115. The van der Waals surface area contributed by atoms with E-state index in [2.05, 4.69) is 27.9 Å². The fourth-order valence-corrected chi connectivity index (χ4v) is 4.40. The van der Waals surface area contributed by atoms with Crippen molar-refractivity contribution in [2.45, 2.75) is 20.4 Å². The second-order valence-corrected chi connectivity index (χ2v) is 8.90. The third kappa shape index (κ3) is 4.77. The van der Waals surface area contributed by atoms with Gasteiger partial charge in [0.25, 0.3) is 5.91 Å². The number of nitrogens with one attached hydrogen (secondary N) is 2. The second kappa shape index (κ2) is 9.65. The van der Waals surface area contributed by atoms with E-state index in [0.717, 1.165) is 39.2 Å². The first kappa shape index (κ1) is 22.7. The summed E-state index contributed by atoms with van der Waals surface area (Å²) >= 11 is 6.09. The maximum absolute atomic E-state index is 13.4. The minimum atomic E-state index is -0.191. The largest absolute Gasteiger partial charge is 0.348 e. The van der Waals surface area contributed by atoms with Crippen LogP contribution >= 0.6 is 11.6 Å². The Kier molecular flexibility index (Phi) is 6.25. The summed E-state index contributed by atoms with van der Waals surface area (Å²) in [5.41, 5.74) is 7.26. The fraction of sp³-hybridized carbons (Fsp3) is 0.103. The molecule has 0 radical (unpaired) electrons. The number of hydrogen-bond acceptors (Lipinski definition) is 2. The predicted octanol–water partition coefficient (Wildman–Crippen LogP) is 6.48. The maximum atomic E-state index is 13.4. The highest BCUT2D eigenvalue weighted by molar-refractivity contribution is 6.30. The van der Waals surface area contributed by atoms with E-state index in [1.165, 1.54) is 0 Å². The van der Waals surface area contributed by atoms with Crippen molar-refractivity contribution in [3.63, 3.8) is 0 Å². The van der Waals surface area contributed by atoms with Crippen LogP contribution < -0.4 is 5.32 Å². The monoisotopic (exact) mass is 480 g/mol. The molecule has 0 saturated heterocycles. The number of nitrogens with zero attached hydrogens (tertiary/aromatic N) is 2. The standard InChI is InChI=1S/C29H25ClN4O/c1-19-16-22(20(2)34(19)24-14-12-23(30)13-15-24)17-25(28-32-26-10-6-7-11-27(26)33-28)29(35)31-18-21-8-4-3-5-9-21/h3-17H,18H2,1-2H3,(H,31,35)(H,32,33)/b25-17+. The number of H-pyrrole nitrogens is 1. The minimum Gasteiger partial charge on any atom is -0.348 e. The van der Waals surface area contributed by atoms with Crippen molar-refractivity contribution in [3.8, 4) is 5.69 Å². The van der Waals surface area contributed by atoms with Crippen molar-refractivity contribution in [2.24, 2.45) is 0 Å². The van der Waals surface area contributed by atoms with Crippen molar-refractivity contribution in [1.29, 1.82) is 0 Å². The molecule has 0 aliphatic carbocycles. The fourth-order valence-electron chi connectivity index (χ4n) is 4.27. The molecule has 2 heterocycles. The lowest BCUT2D eigenvalue weighted by atomic mass is 10.1. The van der Waals surface area contributed by atoms with E-state index >= 15 is 0 Å². The van der Waals surface area contributed by atoms with Gasteiger partial charge in [-0.15, -0.1) is 0 Å². The van der Waals surface area contributed by atoms with Crippen molar-refractivity contribution in [1.82, 2.24) is 19.9 Å². The maximum Gasteiger partial charge on any atom is 0.255 e. The average molecular weight is 481 g/mol. The van der Waals surface area contributed by atoms with Crippen LogP contribution in [0.15, 0.2) is 84.9 Å². The number of carbonyl (C=O) groups excluding carboxylic acids is 1. The number of aromatic amines is 1. The number of para-hydroxylation sites is 2. The van der Waals surface area contributed by atoms with E-state index < -0.39 is 0 Å². The van der Waals surface area contributed by atoms with E-state index in [9.17, 15) is 4.79 Å². The highest BCUT2D eigenvalue weighted by atomic mass is 35.5. The van der Waals surface area contributed by atoms with Gasteiger partial charge in [-0.2, -0.15) is 0 Å². The molecule has 2 aromatic heterocycles. The molecule has 0 spiro atoms. The Labute approximate surface area is 209 Å². The zero-order valence-electron chi connectivity index (χ0n) is 19.5. The molecule has 5 rings (SSSR count). The van der Waals surface area contributed by atoms with Gasteiger partial charge in [-0.05, 0) is 73.5 Å². The first-order valence-electron chi connectivity index (χ1n) is 11.4. The quantitative estimate of drug-likeness (QED) is 0.273. The molecule has 0 fully saturated rings. The number of carbonyl (C=O) groups is 1. The van der Waals surface area contributed by atoms with Crippen LogP contribution in [-0.2, 0) is 11.3 Å². The molecule has 174 valence electrons. The van der Waals surface area contributed by atoms with Gasteiger partial charge in [0.15, 0.2) is 0 Å². The van der Waals surface area contributed by atoms with Crippen molar-refractivity contribution in [2.75, 3.05) is 0 Å². The van der Waals surface area contributed by atoms with Crippen LogP contribution in [0.4, 0.5) is 0 Å². The summed E-state index contributed by atoms with van der Waals surface area (Å²) in [6.07, 6.45) is 1.91. The number of hydrogen-bond donors (Lipinski definition) is 2. The Bertz CT molecular complexity index is 1500. The molecule has 0 bridgehead atoms. The Hall–Kier alpha value is -4.09. The van der Waals surface area contributed by atoms with Crippen LogP contribution in [0.25, 0.3) is 28.4 Å². The first-order valence-corrected chi connectivity index (χ1v) is 11.8. The van der Waals surface area contributed by atoms with Gasteiger partial charge in [-0.3, -0.25) is 4.79 Å². The topological polar surface area (TPSA) is 62.7 Å². The molecule has 5 nitrogen and oxygen atoms in total. The van der Waals surface area contributed by atoms with Gasteiger partial charge < -0.3 is 14.9 Å². The van der Waals surface area contributed by atoms with E-state index in [1.807, 2.05) is 91.9 Å². The van der Waals surface area contributed by atoms with Crippen LogP contribution in [0.1, 0.15) is 28.3 Å². The molecule has 0 aliphatic heterocycles. The van der Waals surface area contributed by atoms with E-state index in [0.29, 0.717) is 23.0 Å². The number of rotatable bonds is 6. The second-order valence-electron chi connectivity index (χ2n) is 8.47. The van der Waals surface area contributed by atoms with Crippen LogP contribution in [0.3, 0.4) is 0 Å². The average Bonchev–Trinajstić information content (AvgIpc) is 3.42. The van der Waals surface area contributed by atoms with Gasteiger partial charge >= 0.3 is 0 Å². The molecular weight excluding hydrogens is 456 g/mol. The molecular formula is C29H25ClN4O. The molecule has 5 aromatic rings. The first-order chi connectivity index (χ1) is 17.0. The number of halogens is 1. The highest BCUT2D eigenvalue weighted by Crippen LogP contribution is 2.26. The summed E-state index contributed by atoms with van der Waals surface area (Å²) < 4.78 is 2.15. The van der Waals surface area contributed by atoms with Crippen molar-refractivity contribution >= 4 is 40.2 Å². The highest BCUT2D eigenvalue weighted by Gasteiger charge is 2.18. The van der Waals surface area contributed by atoms with Gasteiger partial charge in [0.2, 0.25) is 0 Å². The Morgan fingerprint density at radius 1 is 1.00 bits per heavy atom. The molecule has 2 N–H and O–H groups in total. The third-order valence-electron chi connectivity index (χ3n) is 6.04. The van der Waals surface area contributed by atoms with Crippen LogP contribution in [0.2, 0.25) is 5.02 Å². The number of amides is 1. The zero-order chi connectivity index (χ0) is 24.4. The Morgan fingerprint density at radius 3 is 2.46 bits per heavy atom. The van der Waals surface area contributed by atoms with Crippen LogP contribution in [-0.4, -0.2) is 20.4 Å². The Balaban J connectivity index is 1.56. The number of imidazole rings is 1. The summed E-state index contributed by atoms with van der Waals surface area (Å²) in [4.78, 5) is 21.5. The van der Waals surface area contributed by atoms with E-state index in [4.69, 9.17) is 16.6 Å². The summed E-state index contributed by atoms with van der Waals surface area (Å²) in [5.74, 6) is 0.345. The van der Waals surface area contributed by atoms with Crippen molar-refractivity contribution < 1.29 is 4.79 Å². The molecule has 0 atom stereocenters. The summed E-state index contributed by atoms with van der Waals surface area (Å²) in [6, 6.07) is 27.4.